The van der Waals surface area contributed by atoms with Crippen LogP contribution in [-0.2, 0) is 6.54 Å². The quantitative estimate of drug-likeness (QED) is 0.938. The average Bonchev–Trinajstić information content (AvgIpc) is 2.38. The standard InChI is InChI=1S/C14H14ClN3O2/c1-9-12(13(19)20)7-16-14(17-9)18(2)8-10-4-3-5-11(15)6-10/h3-7H,8H2,1-2H3,(H,19,20). The summed E-state index contributed by atoms with van der Waals surface area (Å²) in [4.78, 5) is 21.1. The highest BCUT2D eigenvalue weighted by molar-refractivity contribution is 6.30. The van der Waals surface area contributed by atoms with E-state index < -0.39 is 5.97 Å². The third kappa shape index (κ3) is 3.24. The van der Waals surface area contributed by atoms with Gasteiger partial charge in [-0.3, -0.25) is 0 Å². The molecular weight excluding hydrogens is 278 g/mol. The summed E-state index contributed by atoms with van der Waals surface area (Å²) in [6.07, 6.45) is 1.33. The number of hydrogen-bond donors (Lipinski definition) is 1. The monoisotopic (exact) mass is 291 g/mol. The van der Waals surface area contributed by atoms with Gasteiger partial charge in [-0.25, -0.2) is 14.8 Å². The van der Waals surface area contributed by atoms with E-state index in [0.29, 0.717) is 23.2 Å². The van der Waals surface area contributed by atoms with E-state index in [1.165, 1.54) is 6.20 Å². The first-order valence-corrected chi connectivity index (χ1v) is 6.37. The summed E-state index contributed by atoms with van der Waals surface area (Å²) < 4.78 is 0. The number of rotatable bonds is 4. The number of aromatic nitrogens is 2. The Bertz CT molecular complexity index is 646. The molecule has 0 amide bonds. The van der Waals surface area contributed by atoms with Gasteiger partial charge in [0.05, 0.1) is 11.3 Å². The van der Waals surface area contributed by atoms with E-state index in [0.717, 1.165) is 5.56 Å². The first kappa shape index (κ1) is 14.3. The molecule has 0 saturated heterocycles. The van der Waals surface area contributed by atoms with E-state index in [2.05, 4.69) is 9.97 Å². The number of carbonyl (C=O) groups is 1. The van der Waals surface area contributed by atoms with Crippen molar-refractivity contribution in [3.05, 3.63) is 52.3 Å². The minimum atomic E-state index is -1.02. The molecule has 2 rings (SSSR count). The number of anilines is 1. The van der Waals surface area contributed by atoms with Crippen LogP contribution in [0.4, 0.5) is 5.95 Å². The Hall–Kier alpha value is -2.14. The van der Waals surface area contributed by atoms with Crippen LogP contribution in [0.25, 0.3) is 0 Å². The topological polar surface area (TPSA) is 66.3 Å². The number of carboxylic acid groups (broad SMARTS) is 1. The van der Waals surface area contributed by atoms with Crippen molar-refractivity contribution in [1.29, 1.82) is 0 Å². The van der Waals surface area contributed by atoms with E-state index in [9.17, 15) is 4.79 Å². The zero-order valence-corrected chi connectivity index (χ0v) is 11.9. The third-order valence-electron chi connectivity index (χ3n) is 2.85. The Morgan fingerprint density at radius 1 is 1.45 bits per heavy atom. The molecule has 0 aliphatic rings. The fourth-order valence-electron chi connectivity index (χ4n) is 1.83. The molecule has 0 spiro atoms. The van der Waals surface area contributed by atoms with Gasteiger partial charge in [-0.2, -0.15) is 0 Å². The van der Waals surface area contributed by atoms with Crippen molar-refractivity contribution in [2.24, 2.45) is 0 Å². The summed E-state index contributed by atoms with van der Waals surface area (Å²) >= 11 is 5.94. The lowest BCUT2D eigenvalue weighted by Crippen LogP contribution is -2.20. The fraction of sp³-hybridized carbons (Fsp3) is 0.214. The largest absolute Gasteiger partial charge is 0.478 e. The van der Waals surface area contributed by atoms with Crippen molar-refractivity contribution in [3.63, 3.8) is 0 Å². The van der Waals surface area contributed by atoms with Crippen LogP contribution in [0.5, 0.6) is 0 Å². The Morgan fingerprint density at radius 3 is 2.80 bits per heavy atom. The lowest BCUT2D eigenvalue weighted by molar-refractivity contribution is 0.0695. The van der Waals surface area contributed by atoms with E-state index in [1.807, 2.05) is 36.2 Å². The van der Waals surface area contributed by atoms with E-state index >= 15 is 0 Å². The molecule has 5 nitrogen and oxygen atoms in total. The highest BCUT2D eigenvalue weighted by atomic mass is 35.5. The van der Waals surface area contributed by atoms with Crippen LogP contribution in [0.15, 0.2) is 30.5 Å². The molecule has 104 valence electrons. The van der Waals surface area contributed by atoms with Crippen molar-refractivity contribution in [2.45, 2.75) is 13.5 Å². The van der Waals surface area contributed by atoms with Gasteiger partial charge in [-0.05, 0) is 24.6 Å². The summed E-state index contributed by atoms with van der Waals surface area (Å²) in [5, 5.41) is 9.63. The van der Waals surface area contributed by atoms with Crippen molar-refractivity contribution < 1.29 is 9.90 Å². The summed E-state index contributed by atoms with van der Waals surface area (Å²) in [6, 6.07) is 7.52. The second kappa shape index (κ2) is 5.88. The molecule has 0 aliphatic carbocycles. The summed E-state index contributed by atoms with van der Waals surface area (Å²) in [6.45, 7) is 2.24. The molecule has 0 saturated carbocycles. The normalized spacial score (nSPS) is 10.3. The molecule has 0 aliphatic heterocycles. The molecule has 0 atom stereocenters. The second-order valence-corrected chi connectivity index (χ2v) is 4.90. The van der Waals surface area contributed by atoms with Gasteiger partial charge in [0.25, 0.3) is 0 Å². The molecule has 1 aromatic heterocycles. The van der Waals surface area contributed by atoms with Crippen molar-refractivity contribution in [2.75, 3.05) is 11.9 Å². The summed E-state index contributed by atoms with van der Waals surface area (Å²) in [7, 11) is 1.84. The highest BCUT2D eigenvalue weighted by Crippen LogP contribution is 2.15. The lowest BCUT2D eigenvalue weighted by atomic mass is 10.2. The van der Waals surface area contributed by atoms with Gasteiger partial charge in [0, 0.05) is 24.8 Å². The molecule has 1 heterocycles. The third-order valence-corrected chi connectivity index (χ3v) is 3.08. The van der Waals surface area contributed by atoms with Gasteiger partial charge >= 0.3 is 5.97 Å². The van der Waals surface area contributed by atoms with Crippen molar-refractivity contribution >= 4 is 23.5 Å². The van der Waals surface area contributed by atoms with Gasteiger partial charge < -0.3 is 10.0 Å². The minimum Gasteiger partial charge on any atom is -0.478 e. The molecule has 2 aromatic rings. The molecule has 0 bridgehead atoms. The minimum absolute atomic E-state index is 0.116. The van der Waals surface area contributed by atoms with E-state index in [4.69, 9.17) is 16.7 Å². The Morgan fingerprint density at radius 2 is 2.20 bits per heavy atom. The van der Waals surface area contributed by atoms with Crippen LogP contribution >= 0.6 is 11.6 Å². The van der Waals surface area contributed by atoms with Gasteiger partial charge in [0.2, 0.25) is 5.95 Å². The maximum Gasteiger partial charge on any atom is 0.339 e. The Kier molecular flexibility index (Phi) is 4.20. The van der Waals surface area contributed by atoms with Crippen LogP contribution in [0, 0.1) is 6.92 Å². The molecule has 20 heavy (non-hydrogen) atoms. The Labute approximate surface area is 121 Å². The molecule has 1 aromatic carbocycles. The number of benzene rings is 1. The summed E-state index contributed by atoms with van der Waals surface area (Å²) in [5.41, 5.74) is 1.59. The first-order chi connectivity index (χ1) is 9.47. The number of hydrogen-bond acceptors (Lipinski definition) is 4. The molecular formula is C14H14ClN3O2. The molecule has 0 unspecified atom stereocenters. The highest BCUT2D eigenvalue weighted by Gasteiger charge is 2.12. The van der Waals surface area contributed by atoms with Crippen LogP contribution in [0.2, 0.25) is 5.02 Å². The number of nitrogens with zero attached hydrogens (tertiary/aromatic N) is 3. The zero-order valence-electron chi connectivity index (χ0n) is 11.2. The number of aromatic carboxylic acids is 1. The van der Waals surface area contributed by atoms with Crippen LogP contribution < -0.4 is 4.90 Å². The van der Waals surface area contributed by atoms with E-state index in [-0.39, 0.29) is 5.56 Å². The van der Waals surface area contributed by atoms with Crippen LogP contribution in [0.1, 0.15) is 21.6 Å². The molecule has 6 heteroatoms. The van der Waals surface area contributed by atoms with Gasteiger partial charge in [0.15, 0.2) is 0 Å². The summed E-state index contributed by atoms with van der Waals surface area (Å²) in [5.74, 6) is -0.543. The maximum atomic E-state index is 10.9. The van der Waals surface area contributed by atoms with E-state index in [1.54, 1.807) is 6.92 Å². The maximum absolute atomic E-state index is 10.9. The van der Waals surface area contributed by atoms with Crippen LogP contribution in [0.3, 0.4) is 0 Å². The smallest absolute Gasteiger partial charge is 0.339 e. The van der Waals surface area contributed by atoms with Gasteiger partial charge in [-0.1, -0.05) is 23.7 Å². The molecule has 1 N–H and O–H groups in total. The number of carboxylic acids is 1. The fourth-order valence-corrected chi connectivity index (χ4v) is 2.04. The molecule has 0 fully saturated rings. The number of aryl methyl sites for hydroxylation is 1. The van der Waals surface area contributed by atoms with Gasteiger partial charge in [0.1, 0.15) is 0 Å². The number of halogens is 1. The van der Waals surface area contributed by atoms with Crippen LogP contribution in [-0.4, -0.2) is 28.1 Å². The zero-order chi connectivity index (χ0) is 14.7. The predicted molar refractivity (Wildman–Crippen MR) is 77.3 cm³/mol. The SMILES string of the molecule is Cc1nc(N(C)Cc2cccc(Cl)c2)ncc1C(=O)O. The predicted octanol–water partition coefficient (Wildman–Crippen LogP) is 2.77. The van der Waals surface area contributed by atoms with Gasteiger partial charge in [-0.15, -0.1) is 0 Å². The van der Waals surface area contributed by atoms with Crippen molar-refractivity contribution in [1.82, 2.24) is 9.97 Å². The molecule has 0 radical (unpaired) electrons. The van der Waals surface area contributed by atoms with Crippen molar-refractivity contribution in [3.8, 4) is 0 Å². The Balaban J connectivity index is 2.19. The first-order valence-electron chi connectivity index (χ1n) is 6.00. The average molecular weight is 292 g/mol. The lowest BCUT2D eigenvalue weighted by Gasteiger charge is -2.17. The second-order valence-electron chi connectivity index (χ2n) is 4.46.